The normalized spacial score (nSPS) is 13.8. The molecule has 3 rings (SSSR count). The van der Waals surface area contributed by atoms with Crippen LogP contribution in [0.5, 0.6) is 0 Å². The average Bonchev–Trinajstić information content (AvgIpc) is 3.29. The number of hydrogen-bond donors (Lipinski definition) is 1. The number of hydrogen-bond acceptors (Lipinski definition) is 2. The number of nitrogens with zero attached hydrogens (tertiary/aromatic N) is 3. The van der Waals surface area contributed by atoms with Gasteiger partial charge in [0, 0.05) is 44.6 Å². The van der Waals surface area contributed by atoms with Crippen molar-refractivity contribution in [3.63, 3.8) is 0 Å². The van der Waals surface area contributed by atoms with Crippen molar-refractivity contribution in [3.8, 4) is 0 Å². The topological polar surface area (TPSA) is 59.3 Å². The van der Waals surface area contributed by atoms with Gasteiger partial charge in [-0.3, -0.25) is 9.59 Å². The molecule has 1 aliphatic rings. The second kappa shape index (κ2) is 6.78. The molecule has 0 unspecified atom stereocenters. The molecule has 0 radical (unpaired) electrons. The molecule has 1 N–H and O–H groups in total. The number of aryl methyl sites for hydroxylation is 2. The Morgan fingerprint density at radius 2 is 1.60 bits per heavy atom. The van der Waals surface area contributed by atoms with Crippen LogP contribution in [0, 0.1) is 13.8 Å². The lowest BCUT2D eigenvalue weighted by molar-refractivity contribution is 0.0726. The SMILES string of the molecule is Cc1ccc(C(=O)NCCN(C(=O)c2ccc(C)n2C)C2CC2)n1C. The second-order valence-corrected chi connectivity index (χ2v) is 6.82. The first-order chi connectivity index (χ1) is 11.9. The van der Waals surface area contributed by atoms with Gasteiger partial charge in [0.2, 0.25) is 0 Å². The molecule has 6 heteroatoms. The molecule has 25 heavy (non-hydrogen) atoms. The highest BCUT2D eigenvalue weighted by Gasteiger charge is 2.33. The van der Waals surface area contributed by atoms with Crippen LogP contribution >= 0.6 is 0 Å². The zero-order chi connectivity index (χ0) is 18.1. The van der Waals surface area contributed by atoms with Crippen molar-refractivity contribution >= 4 is 11.8 Å². The van der Waals surface area contributed by atoms with Crippen LogP contribution in [-0.2, 0) is 14.1 Å². The third-order valence-corrected chi connectivity index (χ3v) is 5.08. The van der Waals surface area contributed by atoms with Crippen molar-refractivity contribution in [2.45, 2.75) is 32.7 Å². The molecule has 1 fully saturated rings. The zero-order valence-corrected chi connectivity index (χ0v) is 15.4. The van der Waals surface area contributed by atoms with Crippen molar-refractivity contribution in [3.05, 3.63) is 47.0 Å². The average molecular weight is 342 g/mol. The first-order valence-corrected chi connectivity index (χ1v) is 8.74. The Labute approximate surface area is 148 Å². The summed E-state index contributed by atoms with van der Waals surface area (Å²) in [5.41, 5.74) is 3.44. The Morgan fingerprint density at radius 1 is 1.04 bits per heavy atom. The Hall–Kier alpha value is -2.50. The van der Waals surface area contributed by atoms with Crippen LogP contribution in [0.15, 0.2) is 24.3 Å². The molecule has 0 aromatic carbocycles. The van der Waals surface area contributed by atoms with Gasteiger partial charge in [0.05, 0.1) is 0 Å². The lowest BCUT2D eigenvalue weighted by atomic mass is 10.3. The number of carbonyl (C=O) groups is 2. The van der Waals surface area contributed by atoms with Crippen LogP contribution in [0.25, 0.3) is 0 Å². The monoisotopic (exact) mass is 342 g/mol. The first-order valence-electron chi connectivity index (χ1n) is 8.74. The Kier molecular flexibility index (Phi) is 4.70. The fourth-order valence-electron chi connectivity index (χ4n) is 3.03. The van der Waals surface area contributed by atoms with E-state index in [2.05, 4.69) is 5.32 Å². The number of carbonyl (C=O) groups excluding carboxylic acids is 2. The highest BCUT2D eigenvalue weighted by Crippen LogP contribution is 2.28. The molecule has 2 aromatic heterocycles. The van der Waals surface area contributed by atoms with Crippen LogP contribution in [0.1, 0.15) is 45.2 Å². The smallest absolute Gasteiger partial charge is 0.270 e. The summed E-state index contributed by atoms with van der Waals surface area (Å²) in [5.74, 6) is -0.0597. The van der Waals surface area contributed by atoms with E-state index in [1.807, 2.05) is 66.2 Å². The molecule has 0 spiro atoms. The predicted molar refractivity (Wildman–Crippen MR) is 96.7 cm³/mol. The van der Waals surface area contributed by atoms with E-state index in [1.54, 1.807) is 0 Å². The van der Waals surface area contributed by atoms with E-state index in [-0.39, 0.29) is 11.8 Å². The lowest BCUT2D eigenvalue weighted by Gasteiger charge is -2.23. The van der Waals surface area contributed by atoms with Gasteiger partial charge in [-0.05, 0) is 51.0 Å². The van der Waals surface area contributed by atoms with Gasteiger partial charge in [-0.25, -0.2) is 0 Å². The lowest BCUT2D eigenvalue weighted by Crippen LogP contribution is -2.40. The molecule has 0 saturated heterocycles. The zero-order valence-electron chi connectivity index (χ0n) is 15.4. The molecular weight excluding hydrogens is 316 g/mol. The van der Waals surface area contributed by atoms with Gasteiger partial charge >= 0.3 is 0 Å². The fraction of sp³-hybridized carbons (Fsp3) is 0.474. The molecule has 1 aliphatic carbocycles. The highest BCUT2D eigenvalue weighted by molar-refractivity contribution is 5.94. The summed E-state index contributed by atoms with van der Waals surface area (Å²) in [4.78, 5) is 27.0. The van der Waals surface area contributed by atoms with Gasteiger partial charge in [-0.2, -0.15) is 0 Å². The number of rotatable bonds is 6. The molecule has 0 bridgehead atoms. The fourth-order valence-corrected chi connectivity index (χ4v) is 3.03. The van der Waals surface area contributed by atoms with E-state index in [9.17, 15) is 9.59 Å². The molecule has 1 saturated carbocycles. The minimum Gasteiger partial charge on any atom is -0.349 e. The minimum absolute atomic E-state index is 0.0436. The summed E-state index contributed by atoms with van der Waals surface area (Å²) < 4.78 is 3.79. The Bertz CT molecular complexity index is 798. The number of aromatic nitrogens is 2. The van der Waals surface area contributed by atoms with Gasteiger partial charge in [0.15, 0.2) is 0 Å². The summed E-state index contributed by atoms with van der Waals surface area (Å²) >= 11 is 0. The van der Waals surface area contributed by atoms with E-state index in [1.165, 1.54) is 0 Å². The molecule has 2 aromatic rings. The molecule has 0 atom stereocenters. The van der Waals surface area contributed by atoms with Crippen LogP contribution in [0.2, 0.25) is 0 Å². The van der Waals surface area contributed by atoms with Crippen molar-refractivity contribution in [1.82, 2.24) is 19.4 Å². The van der Waals surface area contributed by atoms with Gasteiger partial charge in [0.25, 0.3) is 11.8 Å². The maximum Gasteiger partial charge on any atom is 0.270 e. The van der Waals surface area contributed by atoms with Crippen LogP contribution in [-0.4, -0.2) is 45.0 Å². The van der Waals surface area contributed by atoms with Gasteiger partial charge in [-0.15, -0.1) is 0 Å². The molecule has 134 valence electrons. The van der Waals surface area contributed by atoms with Crippen LogP contribution in [0.4, 0.5) is 0 Å². The second-order valence-electron chi connectivity index (χ2n) is 6.82. The van der Waals surface area contributed by atoms with Gasteiger partial charge in [0.1, 0.15) is 11.4 Å². The number of amides is 2. The van der Waals surface area contributed by atoms with E-state index >= 15 is 0 Å². The van der Waals surface area contributed by atoms with E-state index in [0.717, 1.165) is 24.2 Å². The van der Waals surface area contributed by atoms with Crippen LogP contribution < -0.4 is 5.32 Å². The van der Waals surface area contributed by atoms with E-state index in [0.29, 0.717) is 30.5 Å². The maximum atomic E-state index is 12.9. The van der Waals surface area contributed by atoms with E-state index < -0.39 is 0 Å². The largest absolute Gasteiger partial charge is 0.349 e. The maximum absolute atomic E-state index is 12.9. The Morgan fingerprint density at radius 3 is 2.08 bits per heavy atom. The minimum atomic E-state index is -0.103. The first kappa shape index (κ1) is 17.3. The third kappa shape index (κ3) is 3.48. The van der Waals surface area contributed by atoms with Crippen molar-refractivity contribution in [2.24, 2.45) is 14.1 Å². The number of nitrogens with one attached hydrogen (secondary N) is 1. The van der Waals surface area contributed by atoms with E-state index in [4.69, 9.17) is 0 Å². The summed E-state index contributed by atoms with van der Waals surface area (Å²) in [6.45, 7) is 4.93. The van der Waals surface area contributed by atoms with Crippen molar-refractivity contribution in [2.75, 3.05) is 13.1 Å². The molecule has 2 heterocycles. The summed E-state index contributed by atoms with van der Waals surface area (Å²) in [7, 11) is 3.79. The van der Waals surface area contributed by atoms with Gasteiger partial charge < -0.3 is 19.4 Å². The molecule has 0 aliphatic heterocycles. The molecule has 6 nitrogen and oxygen atoms in total. The van der Waals surface area contributed by atoms with Gasteiger partial charge in [-0.1, -0.05) is 0 Å². The summed E-state index contributed by atoms with van der Waals surface area (Å²) in [6.07, 6.45) is 2.08. The third-order valence-electron chi connectivity index (χ3n) is 5.08. The van der Waals surface area contributed by atoms with Crippen molar-refractivity contribution < 1.29 is 9.59 Å². The quantitative estimate of drug-likeness (QED) is 0.873. The Balaban J connectivity index is 1.61. The summed E-state index contributed by atoms with van der Waals surface area (Å²) in [5, 5.41) is 2.93. The highest BCUT2D eigenvalue weighted by atomic mass is 16.2. The predicted octanol–water partition coefficient (Wildman–Crippen LogP) is 2.02. The van der Waals surface area contributed by atoms with Crippen molar-refractivity contribution in [1.29, 1.82) is 0 Å². The molecular formula is C19H26N4O2. The molecule has 2 amide bonds. The summed E-state index contributed by atoms with van der Waals surface area (Å²) in [6, 6.07) is 7.88. The standard InChI is InChI=1S/C19H26N4O2/c1-13-5-9-16(21(13)3)18(24)20-11-12-23(15-7-8-15)19(25)17-10-6-14(2)22(17)4/h5-6,9-10,15H,7-8,11-12H2,1-4H3,(H,20,24). The van der Waals surface area contributed by atoms with Crippen LogP contribution in [0.3, 0.4) is 0 Å².